The number of ketones is 1. The first-order valence-corrected chi connectivity index (χ1v) is 7.73. The number of hydrogen-bond donors (Lipinski definition) is 0. The van der Waals surface area contributed by atoms with Gasteiger partial charge in [0.05, 0.1) is 6.54 Å². The lowest BCUT2D eigenvalue weighted by atomic mass is 10.1. The molecular formula is C15H15BrN2O3. The Balaban J connectivity index is 1.76. The number of fused-ring (bicyclic) bond motifs is 1. The fourth-order valence-corrected chi connectivity index (χ4v) is 3.45. The zero-order chi connectivity index (χ0) is 15.0. The monoisotopic (exact) mass is 350 g/mol. The number of rotatable bonds is 3. The van der Waals surface area contributed by atoms with Crippen molar-refractivity contribution in [1.82, 2.24) is 9.80 Å². The molecule has 2 saturated heterocycles. The van der Waals surface area contributed by atoms with Crippen molar-refractivity contribution in [3.63, 3.8) is 0 Å². The number of halogens is 1. The Morgan fingerprint density at radius 1 is 1.29 bits per heavy atom. The molecule has 0 radical (unpaired) electrons. The molecule has 1 aromatic carbocycles. The molecule has 2 amide bonds. The van der Waals surface area contributed by atoms with Crippen LogP contribution in [0, 0.1) is 0 Å². The Kier molecular flexibility index (Phi) is 3.80. The number of carbonyl (C=O) groups is 3. The highest BCUT2D eigenvalue weighted by atomic mass is 79.9. The lowest BCUT2D eigenvalue weighted by Crippen LogP contribution is -2.58. The molecule has 2 fully saturated rings. The van der Waals surface area contributed by atoms with Crippen LogP contribution in [0.4, 0.5) is 0 Å². The number of piperazine rings is 1. The van der Waals surface area contributed by atoms with Gasteiger partial charge in [0.15, 0.2) is 5.78 Å². The third-order valence-corrected chi connectivity index (χ3v) is 4.70. The largest absolute Gasteiger partial charge is 0.329 e. The maximum absolute atomic E-state index is 12.4. The molecule has 1 unspecified atom stereocenters. The molecule has 5 nitrogen and oxygen atoms in total. The summed E-state index contributed by atoms with van der Waals surface area (Å²) in [6, 6.07) is 6.74. The Morgan fingerprint density at radius 2 is 2.05 bits per heavy atom. The number of Topliss-reactive ketones (excluding diaryl/α,β-unsaturated/α-hetero) is 1. The first-order valence-electron chi connectivity index (χ1n) is 6.94. The maximum atomic E-state index is 12.4. The molecule has 21 heavy (non-hydrogen) atoms. The average molecular weight is 351 g/mol. The summed E-state index contributed by atoms with van der Waals surface area (Å²) >= 11 is 3.33. The highest BCUT2D eigenvalue weighted by Crippen LogP contribution is 2.24. The molecule has 0 saturated carbocycles. The van der Waals surface area contributed by atoms with Crippen molar-refractivity contribution < 1.29 is 14.4 Å². The van der Waals surface area contributed by atoms with Gasteiger partial charge in [-0.1, -0.05) is 34.1 Å². The van der Waals surface area contributed by atoms with Gasteiger partial charge >= 0.3 is 0 Å². The number of amides is 2. The minimum Gasteiger partial charge on any atom is -0.329 e. The predicted molar refractivity (Wildman–Crippen MR) is 79.8 cm³/mol. The van der Waals surface area contributed by atoms with Gasteiger partial charge in [0.25, 0.3) is 0 Å². The molecule has 3 rings (SSSR count). The standard InChI is InChI=1S/C15H15BrN2O3/c16-11-5-2-1-4-10(11)13(19)8-17-9-14(20)18-7-3-6-12(18)15(17)21/h1-2,4-5,12H,3,6-9H2. The zero-order valence-corrected chi connectivity index (χ0v) is 13.0. The van der Waals surface area contributed by atoms with Crippen LogP contribution in [0.5, 0.6) is 0 Å². The molecule has 2 aliphatic rings. The Morgan fingerprint density at radius 3 is 2.81 bits per heavy atom. The van der Waals surface area contributed by atoms with Crippen LogP contribution in [0.1, 0.15) is 23.2 Å². The molecule has 0 N–H and O–H groups in total. The highest BCUT2D eigenvalue weighted by molar-refractivity contribution is 9.10. The van der Waals surface area contributed by atoms with E-state index in [4.69, 9.17) is 0 Å². The highest BCUT2D eigenvalue weighted by Gasteiger charge is 2.42. The number of carbonyl (C=O) groups excluding carboxylic acids is 3. The van der Waals surface area contributed by atoms with Gasteiger partial charge in [-0.15, -0.1) is 0 Å². The van der Waals surface area contributed by atoms with Crippen molar-refractivity contribution in [2.24, 2.45) is 0 Å². The van der Waals surface area contributed by atoms with Crippen LogP contribution in [-0.2, 0) is 9.59 Å². The van der Waals surface area contributed by atoms with Crippen LogP contribution in [0.15, 0.2) is 28.7 Å². The molecule has 2 heterocycles. The Labute approximate surface area is 131 Å². The van der Waals surface area contributed by atoms with Gasteiger partial charge in [0.2, 0.25) is 11.8 Å². The van der Waals surface area contributed by atoms with E-state index in [1.165, 1.54) is 4.90 Å². The van der Waals surface area contributed by atoms with Crippen LogP contribution in [0.3, 0.4) is 0 Å². The fraction of sp³-hybridized carbons (Fsp3) is 0.400. The first kappa shape index (κ1) is 14.3. The number of hydrogen-bond acceptors (Lipinski definition) is 3. The molecule has 6 heteroatoms. The molecule has 0 aromatic heterocycles. The molecule has 0 spiro atoms. The summed E-state index contributed by atoms with van der Waals surface area (Å²) in [5.74, 6) is -0.320. The van der Waals surface area contributed by atoms with Crippen molar-refractivity contribution in [3.8, 4) is 0 Å². The number of benzene rings is 1. The van der Waals surface area contributed by atoms with Crippen molar-refractivity contribution in [3.05, 3.63) is 34.3 Å². The summed E-state index contributed by atoms with van der Waals surface area (Å²) in [4.78, 5) is 39.8. The topological polar surface area (TPSA) is 57.7 Å². The average Bonchev–Trinajstić information content (AvgIpc) is 2.95. The second kappa shape index (κ2) is 5.60. The summed E-state index contributed by atoms with van der Waals surface area (Å²) in [5.41, 5.74) is 0.534. The molecule has 1 atom stereocenters. The molecular weight excluding hydrogens is 336 g/mol. The van der Waals surface area contributed by atoms with Gasteiger partial charge < -0.3 is 9.80 Å². The first-order chi connectivity index (χ1) is 10.1. The second-order valence-electron chi connectivity index (χ2n) is 5.34. The van der Waals surface area contributed by atoms with Gasteiger partial charge in [-0.05, 0) is 18.9 Å². The maximum Gasteiger partial charge on any atom is 0.246 e. The van der Waals surface area contributed by atoms with Gasteiger partial charge in [-0.2, -0.15) is 0 Å². The molecule has 1 aromatic rings. The van der Waals surface area contributed by atoms with Crippen molar-refractivity contribution >= 4 is 33.5 Å². The lowest BCUT2D eigenvalue weighted by molar-refractivity contribution is -0.152. The van der Waals surface area contributed by atoms with Crippen molar-refractivity contribution in [1.29, 1.82) is 0 Å². The summed E-state index contributed by atoms with van der Waals surface area (Å²) in [6.45, 7) is 0.615. The molecule has 0 bridgehead atoms. The van der Waals surface area contributed by atoms with Crippen LogP contribution in [0.25, 0.3) is 0 Å². The van der Waals surface area contributed by atoms with Crippen LogP contribution in [-0.4, -0.2) is 53.1 Å². The van der Waals surface area contributed by atoms with Crippen LogP contribution >= 0.6 is 15.9 Å². The predicted octanol–water partition coefficient (Wildman–Crippen LogP) is 1.46. The molecule has 2 aliphatic heterocycles. The minimum absolute atomic E-state index is 0.00548. The van der Waals surface area contributed by atoms with Gasteiger partial charge in [-0.25, -0.2) is 0 Å². The molecule has 0 aliphatic carbocycles. The zero-order valence-electron chi connectivity index (χ0n) is 11.4. The normalized spacial score (nSPS) is 21.7. The lowest BCUT2D eigenvalue weighted by Gasteiger charge is -2.36. The quantitative estimate of drug-likeness (QED) is 0.775. The van der Waals surface area contributed by atoms with Gasteiger partial charge in [-0.3, -0.25) is 14.4 Å². The third-order valence-electron chi connectivity index (χ3n) is 4.00. The third kappa shape index (κ3) is 2.60. The fourth-order valence-electron chi connectivity index (χ4n) is 2.94. The smallest absolute Gasteiger partial charge is 0.246 e. The van der Waals surface area contributed by atoms with Gasteiger partial charge in [0, 0.05) is 16.6 Å². The van der Waals surface area contributed by atoms with Crippen molar-refractivity contribution in [2.75, 3.05) is 19.6 Å². The molecule has 110 valence electrons. The summed E-state index contributed by atoms with van der Waals surface area (Å²) in [5, 5.41) is 0. The van der Waals surface area contributed by atoms with Crippen LogP contribution < -0.4 is 0 Å². The summed E-state index contributed by atoms with van der Waals surface area (Å²) < 4.78 is 0.702. The van der Waals surface area contributed by atoms with E-state index in [-0.39, 0.29) is 36.7 Å². The number of nitrogens with zero attached hydrogens (tertiary/aromatic N) is 2. The van der Waals surface area contributed by atoms with E-state index < -0.39 is 0 Å². The van der Waals surface area contributed by atoms with E-state index in [1.807, 2.05) is 6.07 Å². The Hall–Kier alpha value is -1.69. The van der Waals surface area contributed by atoms with E-state index in [1.54, 1.807) is 23.1 Å². The summed E-state index contributed by atoms with van der Waals surface area (Å²) in [6.07, 6.45) is 1.55. The van der Waals surface area contributed by atoms with Gasteiger partial charge in [0.1, 0.15) is 12.6 Å². The van der Waals surface area contributed by atoms with E-state index >= 15 is 0 Å². The van der Waals surface area contributed by atoms with Crippen LogP contribution in [0.2, 0.25) is 0 Å². The van der Waals surface area contributed by atoms with E-state index in [0.717, 1.165) is 6.42 Å². The van der Waals surface area contributed by atoms with E-state index in [2.05, 4.69) is 15.9 Å². The van der Waals surface area contributed by atoms with Crippen molar-refractivity contribution in [2.45, 2.75) is 18.9 Å². The van der Waals surface area contributed by atoms with E-state index in [9.17, 15) is 14.4 Å². The van der Waals surface area contributed by atoms with E-state index in [0.29, 0.717) is 23.0 Å². The minimum atomic E-state index is -0.363. The Bertz CT molecular complexity index is 617. The SMILES string of the molecule is O=C(CN1CC(=O)N2CCCC2C1=O)c1ccccc1Br. The second-order valence-corrected chi connectivity index (χ2v) is 6.20. The summed E-state index contributed by atoms with van der Waals surface area (Å²) in [7, 11) is 0.